The highest BCUT2D eigenvalue weighted by molar-refractivity contribution is 7.14. The van der Waals surface area contributed by atoms with E-state index in [1.807, 2.05) is 6.07 Å². The molecule has 0 unspecified atom stereocenters. The molecule has 0 saturated heterocycles. The van der Waals surface area contributed by atoms with Crippen LogP contribution >= 0.6 is 11.5 Å². The molecule has 1 heterocycles. The second-order valence-electron chi connectivity index (χ2n) is 4.17. The molecular formula is C15H9FN2OS. The zero-order valence-corrected chi connectivity index (χ0v) is 11.4. The van der Waals surface area contributed by atoms with Gasteiger partial charge in [0, 0.05) is 22.7 Å². The van der Waals surface area contributed by atoms with E-state index < -0.39 is 5.82 Å². The maximum Gasteiger partial charge on any atom is 0.166 e. The number of hydrogen-bond acceptors (Lipinski definition) is 4. The van der Waals surface area contributed by atoms with Gasteiger partial charge in [-0.15, -0.1) is 0 Å². The lowest BCUT2D eigenvalue weighted by molar-refractivity contribution is 0.389. The number of aromatic nitrogens is 1. The molecule has 3 nitrogen and oxygen atoms in total. The Hall–Kier alpha value is -2.45. The molecule has 3 rings (SSSR count). The van der Waals surface area contributed by atoms with Crippen LogP contribution in [-0.4, -0.2) is 11.5 Å². The van der Waals surface area contributed by atoms with Crippen molar-refractivity contribution in [2.75, 3.05) is 7.11 Å². The number of rotatable bonds is 2. The molecule has 5 heteroatoms. The van der Waals surface area contributed by atoms with Crippen molar-refractivity contribution in [3.63, 3.8) is 0 Å². The molecule has 0 aliphatic carbocycles. The first-order valence-electron chi connectivity index (χ1n) is 5.86. The second kappa shape index (κ2) is 4.91. The first-order valence-corrected chi connectivity index (χ1v) is 6.64. The van der Waals surface area contributed by atoms with Gasteiger partial charge in [-0.1, -0.05) is 18.2 Å². The van der Waals surface area contributed by atoms with Crippen LogP contribution in [0.15, 0.2) is 36.5 Å². The van der Waals surface area contributed by atoms with Crippen molar-refractivity contribution < 1.29 is 9.13 Å². The van der Waals surface area contributed by atoms with E-state index in [0.717, 1.165) is 4.70 Å². The quantitative estimate of drug-likeness (QED) is 0.715. The summed E-state index contributed by atoms with van der Waals surface area (Å²) in [6.45, 7) is 0. The highest BCUT2D eigenvalue weighted by Gasteiger charge is 2.19. The molecule has 98 valence electrons. The molecule has 0 N–H and O–H groups in total. The average molecular weight is 284 g/mol. The number of methoxy groups -OCH3 is 1. The Morgan fingerprint density at radius 1 is 1.35 bits per heavy atom. The normalized spacial score (nSPS) is 10.4. The summed E-state index contributed by atoms with van der Waals surface area (Å²) in [5.41, 5.74) is 1.72. The lowest BCUT2D eigenvalue weighted by Gasteiger charge is -2.12. The molecule has 0 aliphatic rings. The Kier molecular flexibility index (Phi) is 3.09. The van der Waals surface area contributed by atoms with E-state index in [-0.39, 0.29) is 5.75 Å². The van der Waals surface area contributed by atoms with Crippen LogP contribution in [-0.2, 0) is 0 Å². The van der Waals surface area contributed by atoms with Gasteiger partial charge in [-0.2, -0.15) is 9.64 Å². The maximum absolute atomic E-state index is 14.1. The number of hydrogen-bond donors (Lipinski definition) is 0. The number of benzene rings is 2. The van der Waals surface area contributed by atoms with E-state index in [2.05, 4.69) is 10.4 Å². The minimum atomic E-state index is -0.456. The summed E-state index contributed by atoms with van der Waals surface area (Å²) >= 11 is 1.26. The third kappa shape index (κ3) is 1.82. The van der Waals surface area contributed by atoms with Crippen LogP contribution in [0.25, 0.3) is 21.2 Å². The van der Waals surface area contributed by atoms with E-state index in [1.54, 1.807) is 24.4 Å². The Bertz CT molecular complexity index is 835. The summed E-state index contributed by atoms with van der Waals surface area (Å²) in [4.78, 5) is 0. The number of ether oxygens (including phenoxy) is 1. The molecule has 20 heavy (non-hydrogen) atoms. The summed E-state index contributed by atoms with van der Waals surface area (Å²) in [6, 6.07) is 10.6. The van der Waals surface area contributed by atoms with E-state index in [1.165, 1.54) is 24.7 Å². The van der Waals surface area contributed by atoms with Gasteiger partial charge in [0.15, 0.2) is 11.6 Å². The lowest BCUT2D eigenvalue weighted by atomic mass is 9.98. The Balaban J connectivity index is 2.46. The standard InChI is InChI=1S/C15H9FN2OS/c1-19-14-12(16)6-10-8-18-20-15(10)13(14)11-5-3-2-4-9(11)7-17/h2-6,8H,1H3. The van der Waals surface area contributed by atoms with Crippen molar-refractivity contribution in [3.8, 4) is 22.9 Å². The topological polar surface area (TPSA) is 45.9 Å². The van der Waals surface area contributed by atoms with Gasteiger partial charge in [-0.05, 0) is 23.7 Å². The van der Waals surface area contributed by atoms with E-state index in [4.69, 9.17) is 4.74 Å². The average Bonchev–Trinajstić information content (AvgIpc) is 2.93. The third-order valence-corrected chi connectivity index (χ3v) is 3.91. The number of halogens is 1. The van der Waals surface area contributed by atoms with Crippen LogP contribution in [0.4, 0.5) is 4.39 Å². The van der Waals surface area contributed by atoms with Crippen LogP contribution in [0, 0.1) is 17.1 Å². The first kappa shape index (κ1) is 12.6. The van der Waals surface area contributed by atoms with Crippen molar-refractivity contribution >= 4 is 21.6 Å². The smallest absolute Gasteiger partial charge is 0.166 e. The number of nitrogens with zero attached hydrogens (tertiary/aromatic N) is 2. The molecule has 0 fully saturated rings. The summed E-state index contributed by atoms with van der Waals surface area (Å²) in [6.07, 6.45) is 1.61. The lowest BCUT2D eigenvalue weighted by Crippen LogP contribution is -1.94. The molecule has 0 saturated carbocycles. The van der Waals surface area contributed by atoms with Crippen molar-refractivity contribution in [3.05, 3.63) is 47.9 Å². The Morgan fingerprint density at radius 2 is 2.15 bits per heavy atom. The fraction of sp³-hybridized carbons (Fsp3) is 0.0667. The number of fused-ring (bicyclic) bond motifs is 1. The molecule has 0 radical (unpaired) electrons. The van der Waals surface area contributed by atoms with Crippen LogP contribution < -0.4 is 4.74 Å². The minimum Gasteiger partial charge on any atom is -0.493 e. The van der Waals surface area contributed by atoms with Gasteiger partial charge < -0.3 is 4.74 Å². The van der Waals surface area contributed by atoms with E-state index in [9.17, 15) is 9.65 Å². The Morgan fingerprint density at radius 3 is 2.90 bits per heavy atom. The molecule has 0 amide bonds. The first-order chi connectivity index (χ1) is 9.76. The van der Waals surface area contributed by atoms with Crippen molar-refractivity contribution in [1.29, 1.82) is 5.26 Å². The Labute approximate surface area is 119 Å². The highest BCUT2D eigenvalue weighted by atomic mass is 32.1. The van der Waals surface area contributed by atoms with Crippen molar-refractivity contribution in [2.45, 2.75) is 0 Å². The van der Waals surface area contributed by atoms with E-state index in [0.29, 0.717) is 22.1 Å². The minimum absolute atomic E-state index is 0.143. The number of nitriles is 1. The van der Waals surface area contributed by atoms with Gasteiger partial charge in [0.05, 0.1) is 23.4 Å². The summed E-state index contributed by atoms with van der Waals surface area (Å²) in [5.74, 6) is -0.313. The van der Waals surface area contributed by atoms with E-state index >= 15 is 0 Å². The molecule has 0 spiro atoms. The van der Waals surface area contributed by atoms with Crippen LogP contribution in [0.3, 0.4) is 0 Å². The van der Waals surface area contributed by atoms with Gasteiger partial charge in [0.1, 0.15) is 0 Å². The molecular weight excluding hydrogens is 275 g/mol. The van der Waals surface area contributed by atoms with Crippen LogP contribution in [0.2, 0.25) is 0 Å². The van der Waals surface area contributed by atoms with Crippen LogP contribution in [0.5, 0.6) is 5.75 Å². The van der Waals surface area contributed by atoms with Crippen molar-refractivity contribution in [2.24, 2.45) is 0 Å². The molecule has 1 aromatic heterocycles. The SMILES string of the molecule is COc1c(F)cc2cnsc2c1-c1ccccc1C#N. The summed E-state index contributed by atoms with van der Waals surface area (Å²) in [5, 5.41) is 9.94. The summed E-state index contributed by atoms with van der Waals surface area (Å²) in [7, 11) is 1.42. The molecule has 0 atom stereocenters. The zero-order valence-electron chi connectivity index (χ0n) is 10.6. The second-order valence-corrected chi connectivity index (χ2v) is 4.97. The highest BCUT2D eigenvalue weighted by Crippen LogP contribution is 2.41. The van der Waals surface area contributed by atoms with Gasteiger partial charge in [0.25, 0.3) is 0 Å². The van der Waals surface area contributed by atoms with Crippen LogP contribution in [0.1, 0.15) is 5.56 Å². The molecule has 0 aliphatic heterocycles. The zero-order chi connectivity index (χ0) is 14.1. The van der Waals surface area contributed by atoms with Gasteiger partial charge in [-0.25, -0.2) is 4.39 Å². The van der Waals surface area contributed by atoms with Gasteiger partial charge in [0.2, 0.25) is 0 Å². The summed E-state index contributed by atoms with van der Waals surface area (Å²) < 4.78 is 24.3. The van der Waals surface area contributed by atoms with Gasteiger partial charge in [-0.3, -0.25) is 0 Å². The van der Waals surface area contributed by atoms with Gasteiger partial charge >= 0.3 is 0 Å². The largest absolute Gasteiger partial charge is 0.493 e. The molecule has 3 aromatic rings. The fourth-order valence-electron chi connectivity index (χ4n) is 2.21. The van der Waals surface area contributed by atoms with Crippen molar-refractivity contribution in [1.82, 2.24) is 4.37 Å². The third-order valence-electron chi connectivity index (χ3n) is 3.07. The molecule has 2 aromatic carbocycles. The molecule has 0 bridgehead atoms. The predicted octanol–water partition coefficient (Wildman–Crippen LogP) is 3.98. The monoisotopic (exact) mass is 284 g/mol. The maximum atomic E-state index is 14.1. The fourth-order valence-corrected chi connectivity index (χ4v) is 2.99. The predicted molar refractivity (Wildman–Crippen MR) is 76.3 cm³/mol.